The van der Waals surface area contributed by atoms with Gasteiger partial charge < -0.3 is 5.11 Å². The van der Waals surface area contributed by atoms with Crippen LogP contribution in [0, 0.1) is 6.92 Å². The second-order valence-corrected chi connectivity index (χ2v) is 7.33. The smallest absolute Gasteiger partial charge is 0.258 e. The van der Waals surface area contributed by atoms with E-state index in [4.69, 9.17) is 11.6 Å². The van der Waals surface area contributed by atoms with Gasteiger partial charge in [-0.15, -0.1) is 0 Å². The largest absolute Gasteiger partial charge is 0.396 e. The number of benzene rings is 1. The lowest BCUT2D eigenvalue weighted by Crippen LogP contribution is -2.30. The fourth-order valence-electron chi connectivity index (χ4n) is 3.44. The highest BCUT2D eigenvalue weighted by molar-refractivity contribution is 6.30. The third-order valence-electron chi connectivity index (χ3n) is 4.86. The number of hydrogen-bond acceptors (Lipinski definition) is 5. The van der Waals surface area contributed by atoms with Crippen molar-refractivity contribution < 1.29 is 5.11 Å². The first-order valence-corrected chi connectivity index (χ1v) is 9.80. The molecule has 30 heavy (non-hydrogen) atoms. The van der Waals surface area contributed by atoms with Crippen LogP contribution in [0.2, 0.25) is 5.02 Å². The lowest BCUT2D eigenvalue weighted by atomic mass is 10.1. The number of halogens is 1. The third kappa shape index (κ3) is 3.77. The zero-order chi connectivity index (χ0) is 21.3. The Morgan fingerprint density at radius 2 is 1.90 bits per heavy atom. The molecule has 0 aliphatic carbocycles. The minimum Gasteiger partial charge on any atom is -0.396 e. The molecule has 0 unspecified atom stereocenters. The van der Waals surface area contributed by atoms with Gasteiger partial charge in [0.15, 0.2) is 0 Å². The molecule has 3 aromatic heterocycles. The average molecular weight is 423 g/mol. The molecule has 0 saturated carbocycles. The summed E-state index contributed by atoms with van der Waals surface area (Å²) in [6, 6.07) is 13.8. The number of rotatable bonds is 5. The lowest BCUT2D eigenvalue weighted by molar-refractivity contribution is 0.298. The molecule has 0 fully saturated rings. The fraction of sp³-hybridized carbons (Fsp3) is 0.182. The number of nitrogens with zero attached hydrogens (tertiary/aromatic N) is 4. The zero-order valence-electron chi connectivity index (χ0n) is 16.2. The first-order valence-electron chi connectivity index (χ1n) is 9.42. The molecule has 1 aromatic carbocycles. The number of aliphatic hydroxyl groups excluding tert-OH is 1. The molecule has 0 aliphatic heterocycles. The Morgan fingerprint density at radius 3 is 2.67 bits per heavy atom. The van der Waals surface area contributed by atoms with Gasteiger partial charge in [0.25, 0.3) is 11.1 Å². The molecule has 4 aromatic rings. The summed E-state index contributed by atoms with van der Waals surface area (Å²) in [5.74, 6) is 0.428. The summed E-state index contributed by atoms with van der Waals surface area (Å²) in [7, 11) is 0. The van der Waals surface area contributed by atoms with Crippen molar-refractivity contribution in [1.29, 1.82) is 0 Å². The molecule has 0 amide bonds. The van der Waals surface area contributed by atoms with E-state index in [-0.39, 0.29) is 30.7 Å². The monoisotopic (exact) mass is 422 g/mol. The maximum absolute atomic E-state index is 13.3. The standard InChI is InChI=1S/C22H19ClN4O3/c1-14-18(8-10-28)22(30)27(21(24-14)15-5-4-6-16(23)11-15)13-17-12-20(29)26-9-3-2-7-19(26)25-17/h2-7,9,11-12,28H,8,10,13H2,1H3. The van der Waals surface area contributed by atoms with Gasteiger partial charge >= 0.3 is 0 Å². The highest BCUT2D eigenvalue weighted by Gasteiger charge is 2.17. The minimum atomic E-state index is -0.276. The molecule has 4 rings (SSSR count). The molecule has 0 spiro atoms. The first-order chi connectivity index (χ1) is 14.5. The normalized spacial score (nSPS) is 11.2. The van der Waals surface area contributed by atoms with Crippen LogP contribution in [-0.2, 0) is 13.0 Å². The Bertz CT molecular complexity index is 1360. The Morgan fingerprint density at radius 1 is 1.07 bits per heavy atom. The molecule has 0 atom stereocenters. The van der Waals surface area contributed by atoms with Crippen LogP contribution in [0.25, 0.3) is 17.0 Å². The molecule has 152 valence electrons. The molecule has 1 N–H and O–H groups in total. The highest BCUT2D eigenvalue weighted by atomic mass is 35.5. The zero-order valence-corrected chi connectivity index (χ0v) is 17.0. The van der Waals surface area contributed by atoms with Crippen LogP contribution >= 0.6 is 11.6 Å². The summed E-state index contributed by atoms with van der Waals surface area (Å²) in [6.45, 7) is 1.64. The number of aromatic nitrogens is 4. The van der Waals surface area contributed by atoms with Crippen molar-refractivity contribution in [2.75, 3.05) is 6.61 Å². The van der Waals surface area contributed by atoms with Crippen molar-refractivity contribution in [1.82, 2.24) is 18.9 Å². The third-order valence-corrected chi connectivity index (χ3v) is 5.09. The lowest BCUT2D eigenvalue weighted by Gasteiger charge is -2.16. The van der Waals surface area contributed by atoms with Crippen molar-refractivity contribution in [2.45, 2.75) is 19.9 Å². The van der Waals surface area contributed by atoms with Crippen LogP contribution in [0.15, 0.2) is 64.3 Å². The maximum Gasteiger partial charge on any atom is 0.258 e. The van der Waals surface area contributed by atoms with Gasteiger partial charge in [-0.3, -0.25) is 18.6 Å². The van der Waals surface area contributed by atoms with Gasteiger partial charge in [0, 0.05) is 47.1 Å². The summed E-state index contributed by atoms with van der Waals surface area (Å²) < 4.78 is 2.92. The topological polar surface area (TPSA) is 89.5 Å². The van der Waals surface area contributed by atoms with Crippen molar-refractivity contribution in [3.05, 3.63) is 97.4 Å². The van der Waals surface area contributed by atoms with Gasteiger partial charge in [-0.2, -0.15) is 0 Å². The Kier molecular flexibility index (Phi) is 5.48. The summed E-state index contributed by atoms with van der Waals surface area (Å²) in [6.07, 6.45) is 1.84. The summed E-state index contributed by atoms with van der Waals surface area (Å²) >= 11 is 6.15. The SMILES string of the molecule is Cc1nc(-c2cccc(Cl)c2)n(Cc2cc(=O)n3ccccc3n2)c(=O)c1CCO. The van der Waals surface area contributed by atoms with Crippen LogP contribution in [0.4, 0.5) is 0 Å². The van der Waals surface area contributed by atoms with E-state index in [9.17, 15) is 14.7 Å². The molecule has 0 aliphatic rings. The predicted molar refractivity (Wildman–Crippen MR) is 115 cm³/mol. The second-order valence-electron chi connectivity index (χ2n) is 6.89. The Labute approximate surface area is 176 Å². The first kappa shape index (κ1) is 20.0. The number of pyridine rings is 1. The van der Waals surface area contributed by atoms with Crippen molar-refractivity contribution in [3.63, 3.8) is 0 Å². The van der Waals surface area contributed by atoms with Crippen LogP contribution in [0.3, 0.4) is 0 Å². The highest BCUT2D eigenvalue weighted by Crippen LogP contribution is 2.22. The van der Waals surface area contributed by atoms with Crippen LogP contribution in [-0.4, -0.2) is 30.6 Å². The summed E-state index contributed by atoms with van der Waals surface area (Å²) in [5.41, 5.74) is 2.08. The molecule has 0 saturated heterocycles. The van der Waals surface area contributed by atoms with Gasteiger partial charge in [-0.05, 0) is 31.2 Å². The molecular weight excluding hydrogens is 404 g/mol. The number of hydrogen-bond donors (Lipinski definition) is 1. The predicted octanol–water partition coefficient (Wildman–Crippen LogP) is 2.46. The van der Waals surface area contributed by atoms with Gasteiger partial charge in [-0.1, -0.05) is 29.8 Å². The van der Waals surface area contributed by atoms with Gasteiger partial charge in [0.1, 0.15) is 11.5 Å². The van der Waals surface area contributed by atoms with Gasteiger partial charge in [0.2, 0.25) is 0 Å². The fourth-order valence-corrected chi connectivity index (χ4v) is 3.63. The Balaban J connectivity index is 1.92. The number of aryl methyl sites for hydroxylation is 1. The molecular formula is C22H19ClN4O3. The van der Waals surface area contributed by atoms with Gasteiger partial charge in [0.05, 0.1) is 12.2 Å². The molecule has 3 heterocycles. The average Bonchev–Trinajstić information content (AvgIpc) is 2.73. The molecule has 0 bridgehead atoms. The minimum absolute atomic E-state index is 0.0625. The van der Waals surface area contributed by atoms with Crippen molar-refractivity contribution in [2.24, 2.45) is 0 Å². The molecule has 0 radical (unpaired) electrons. The van der Waals surface area contributed by atoms with E-state index in [0.29, 0.717) is 39.0 Å². The van der Waals surface area contributed by atoms with E-state index in [2.05, 4.69) is 9.97 Å². The van der Waals surface area contributed by atoms with Crippen LogP contribution in [0.5, 0.6) is 0 Å². The number of fused-ring (bicyclic) bond motifs is 1. The van der Waals surface area contributed by atoms with E-state index in [1.165, 1.54) is 15.0 Å². The van der Waals surface area contributed by atoms with E-state index in [1.807, 2.05) is 6.07 Å². The van der Waals surface area contributed by atoms with Crippen LogP contribution < -0.4 is 11.1 Å². The second kappa shape index (κ2) is 8.22. The quantitative estimate of drug-likeness (QED) is 0.533. The Hall–Kier alpha value is -3.29. The van der Waals surface area contributed by atoms with E-state index >= 15 is 0 Å². The van der Waals surface area contributed by atoms with Crippen molar-refractivity contribution >= 4 is 17.2 Å². The summed E-state index contributed by atoms with van der Waals surface area (Å²) in [4.78, 5) is 34.9. The van der Waals surface area contributed by atoms with E-state index < -0.39 is 0 Å². The van der Waals surface area contributed by atoms with E-state index in [0.717, 1.165) is 0 Å². The molecule has 7 nitrogen and oxygen atoms in total. The maximum atomic E-state index is 13.3. The van der Waals surface area contributed by atoms with Gasteiger partial charge in [-0.25, -0.2) is 9.97 Å². The molecule has 8 heteroatoms. The van der Waals surface area contributed by atoms with Crippen LogP contribution in [0.1, 0.15) is 17.0 Å². The number of aliphatic hydroxyl groups is 1. The van der Waals surface area contributed by atoms with E-state index in [1.54, 1.807) is 49.5 Å². The summed E-state index contributed by atoms with van der Waals surface area (Å²) in [5, 5.41) is 9.90. The van der Waals surface area contributed by atoms with Crippen molar-refractivity contribution in [3.8, 4) is 11.4 Å².